The normalized spacial score (nSPS) is 17.5. The van der Waals surface area contributed by atoms with Gasteiger partial charge in [0.2, 0.25) is 0 Å². The van der Waals surface area contributed by atoms with Crippen molar-refractivity contribution in [2.45, 2.75) is 60.2 Å². The molecule has 4 rings (SSSR count). The van der Waals surface area contributed by atoms with E-state index in [1.165, 1.54) is 16.1 Å². The van der Waals surface area contributed by atoms with Gasteiger partial charge in [0.05, 0.1) is 18.0 Å². The van der Waals surface area contributed by atoms with Gasteiger partial charge < -0.3 is 10.1 Å². The molecule has 166 valence electrons. The summed E-state index contributed by atoms with van der Waals surface area (Å²) in [4.78, 5) is 12.8. The molecule has 0 spiro atoms. The largest absolute Gasteiger partial charge is 0.369 e. The van der Waals surface area contributed by atoms with Gasteiger partial charge in [0, 0.05) is 59.4 Å². The van der Waals surface area contributed by atoms with Crippen LogP contribution in [0.3, 0.4) is 0 Å². The van der Waals surface area contributed by atoms with Crippen LogP contribution in [0, 0.1) is 27.7 Å². The molecule has 8 heteroatoms. The molecule has 0 saturated carbocycles. The van der Waals surface area contributed by atoms with Crippen molar-refractivity contribution in [3.05, 3.63) is 51.5 Å². The SMILES string of the molecule is Cc1cc(Nc2ncc(C)s2)cc(C2CN(Cc3c(C)nn(C(C)C)c3C)CCO2)n1. The van der Waals surface area contributed by atoms with E-state index >= 15 is 0 Å². The molecule has 0 radical (unpaired) electrons. The summed E-state index contributed by atoms with van der Waals surface area (Å²) in [6.07, 6.45) is 1.84. The maximum Gasteiger partial charge on any atom is 0.187 e. The molecule has 31 heavy (non-hydrogen) atoms. The first-order valence-electron chi connectivity index (χ1n) is 10.9. The van der Waals surface area contributed by atoms with Crippen molar-refractivity contribution in [2.75, 3.05) is 25.0 Å². The fourth-order valence-electron chi connectivity index (χ4n) is 4.14. The van der Waals surface area contributed by atoms with Crippen LogP contribution in [0.1, 0.15) is 59.2 Å². The number of aromatic nitrogens is 4. The van der Waals surface area contributed by atoms with Gasteiger partial charge in [0.25, 0.3) is 0 Å². The Morgan fingerprint density at radius 2 is 2.03 bits per heavy atom. The van der Waals surface area contributed by atoms with Gasteiger partial charge in [0.1, 0.15) is 6.10 Å². The average molecular weight is 441 g/mol. The van der Waals surface area contributed by atoms with Crippen LogP contribution in [0.15, 0.2) is 18.3 Å². The minimum atomic E-state index is -0.0482. The summed E-state index contributed by atoms with van der Waals surface area (Å²) in [5.41, 5.74) is 6.64. The lowest BCUT2D eigenvalue weighted by atomic mass is 10.1. The molecule has 3 aromatic rings. The number of ether oxygens (including phenoxy) is 1. The van der Waals surface area contributed by atoms with Crippen molar-refractivity contribution in [3.63, 3.8) is 0 Å². The molecular weight excluding hydrogens is 408 g/mol. The summed E-state index contributed by atoms with van der Waals surface area (Å²) < 4.78 is 8.26. The molecule has 1 fully saturated rings. The molecule has 1 unspecified atom stereocenters. The lowest BCUT2D eigenvalue weighted by Gasteiger charge is -2.33. The Kier molecular flexibility index (Phi) is 6.41. The van der Waals surface area contributed by atoms with E-state index in [1.807, 2.05) is 19.2 Å². The second-order valence-electron chi connectivity index (χ2n) is 8.61. The first kappa shape index (κ1) is 21.9. The molecule has 1 N–H and O–H groups in total. The minimum absolute atomic E-state index is 0.0482. The van der Waals surface area contributed by atoms with Crippen LogP contribution in [-0.2, 0) is 11.3 Å². The summed E-state index contributed by atoms with van der Waals surface area (Å²) >= 11 is 1.65. The van der Waals surface area contributed by atoms with E-state index < -0.39 is 0 Å². The lowest BCUT2D eigenvalue weighted by molar-refractivity contribution is -0.0351. The Morgan fingerprint density at radius 1 is 1.23 bits per heavy atom. The van der Waals surface area contributed by atoms with E-state index in [-0.39, 0.29) is 6.10 Å². The average Bonchev–Trinajstić information content (AvgIpc) is 3.25. The van der Waals surface area contributed by atoms with Gasteiger partial charge in [0.15, 0.2) is 5.13 Å². The van der Waals surface area contributed by atoms with Crippen molar-refractivity contribution in [2.24, 2.45) is 0 Å². The third-order valence-corrected chi connectivity index (χ3v) is 6.50. The van der Waals surface area contributed by atoms with Crippen molar-refractivity contribution in [3.8, 4) is 0 Å². The molecule has 1 aliphatic heterocycles. The minimum Gasteiger partial charge on any atom is -0.369 e. The first-order chi connectivity index (χ1) is 14.8. The molecule has 1 atom stereocenters. The highest BCUT2D eigenvalue weighted by Crippen LogP contribution is 2.28. The van der Waals surface area contributed by atoms with Gasteiger partial charge in [-0.25, -0.2) is 4.98 Å². The monoisotopic (exact) mass is 440 g/mol. The second-order valence-corrected chi connectivity index (χ2v) is 9.84. The number of rotatable bonds is 6. The smallest absolute Gasteiger partial charge is 0.187 e. The van der Waals surface area contributed by atoms with Crippen LogP contribution in [-0.4, -0.2) is 44.3 Å². The first-order valence-corrected chi connectivity index (χ1v) is 11.7. The van der Waals surface area contributed by atoms with Crippen LogP contribution in [0.5, 0.6) is 0 Å². The van der Waals surface area contributed by atoms with E-state index in [0.29, 0.717) is 12.6 Å². The Bertz CT molecular complexity index is 1060. The van der Waals surface area contributed by atoms with Gasteiger partial charge in [-0.2, -0.15) is 5.10 Å². The fourth-order valence-corrected chi connectivity index (χ4v) is 4.83. The number of morpholine rings is 1. The van der Waals surface area contributed by atoms with E-state index in [1.54, 1.807) is 11.3 Å². The Labute approximate surface area is 188 Å². The lowest BCUT2D eigenvalue weighted by Crippen LogP contribution is -2.38. The summed E-state index contributed by atoms with van der Waals surface area (Å²) in [6.45, 7) is 16.0. The number of anilines is 2. The highest BCUT2D eigenvalue weighted by molar-refractivity contribution is 7.15. The summed E-state index contributed by atoms with van der Waals surface area (Å²) in [7, 11) is 0. The highest BCUT2D eigenvalue weighted by Gasteiger charge is 2.25. The van der Waals surface area contributed by atoms with Crippen molar-refractivity contribution in [1.82, 2.24) is 24.6 Å². The van der Waals surface area contributed by atoms with E-state index in [0.717, 1.165) is 47.5 Å². The Balaban J connectivity index is 1.50. The van der Waals surface area contributed by atoms with Crippen molar-refractivity contribution >= 4 is 22.2 Å². The van der Waals surface area contributed by atoms with Gasteiger partial charge in [-0.15, -0.1) is 11.3 Å². The molecule has 3 aromatic heterocycles. The zero-order chi connectivity index (χ0) is 22.1. The number of nitrogens with zero attached hydrogens (tertiary/aromatic N) is 5. The third kappa shape index (κ3) is 4.97. The highest BCUT2D eigenvalue weighted by atomic mass is 32.1. The number of aryl methyl sites for hydroxylation is 3. The molecule has 0 aliphatic carbocycles. The number of hydrogen-bond donors (Lipinski definition) is 1. The number of thiazole rings is 1. The van der Waals surface area contributed by atoms with Crippen LogP contribution in [0.2, 0.25) is 0 Å². The van der Waals surface area contributed by atoms with Crippen molar-refractivity contribution < 1.29 is 4.74 Å². The zero-order valence-corrected chi connectivity index (χ0v) is 20.1. The number of nitrogens with one attached hydrogen (secondary N) is 1. The summed E-state index contributed by atoms with van der Waals surface area (Å²) in [5.74, 6) is 0. The van der Waals surface area contributed by atoms with E-state index in [9.17, 15) is 0 Å². The maximum absolute atomic E-state index is 6.13. The number of hydrogen-bond acceptors (Lipinski definition) is 7. The quantitative estimate of drug-likeness (QED) is 0.590. The molecule has 0 aromatic carbocycles. The second kappa shape index (κ2) is 9.06. The summed E-state index contributed by atoms with van der Waals surface area (Å²) in [6, 6.07) is 4.51. The molecule has 7 nitrogen and oxygen atoms in total. The summed E-state index contributed by atoms with van der Waals surface area (Å²) in [5, 5.41) is 9.06. The van der Waals surface area contributed by atoms with E-state index in [4.69, 9.17) is 14.8 Å². The predicted octanol–water partition coefficient (Wildman–Crippen LogP) is 4.87. The fraction of sp³-hybridized carbons (Fsp3) is 0.522. The van der Waals surface area contributed by atoms with Gasteiger partial charge >= 0.3 is 0 Å². The number of pyridine rings is 1. The zero-order valence-electron chi connectivity index (χ0n) is 19.3. The van der Waals surface area contributed by atoms with Gasteiger partial charge in [-0.1, -0.05) is 0 Å². The molecule has 0 bridgehead atoms. The Hall–Kier alpha value is -2.29. The molecule has 0 amide bonds. The Morgan fingerprint density at radius 3 is 2.71 bits per heavy atom. The van der Waals surface area contributed by atoms with Crippen molar-refractivity contribution in [1.29, 1.82) is 0 Å². The topological polar surface area (TPSA) is 68.1 Å². The molecular formula is C23H32N6OS. The van der Waals surface area contributed by atoms with Crippen LogP contribution in [0.25, 0.3) is 0 Å². The molecule has 1 saturated heterocycles. The molecule has 1 aliphatic rings. The van der Waals surface area contributed by atoms with Crippen LogP contribution in [0.4, 0.5) is 10.8 Å². The predicted molar refractivity (Wildman–Crippen MR) is 125 cm³/mol. The molecule has 4 heterocycles. The maximum atomic E-state index is 6.13. The van der Waals surface area contributed by atoms with Crippen LogP contribution < -0.4 is 5.32 Å². The third-order valence-electron chi connectivity index (χ3n) is 5.67. The van der Waals surface area contributed by atoms with E-state index in [2.05, 4.69) is 60.6 Å². The standard InChI is InChI=1S/C23H32N6OS/c1-14(2)29-18(6)20(17(5)27-29)12-28-7-8-30-22(13-28)21-10-19(9-15(3)25-21)26-23-24-11-16(4)31-23/h9-11,14,22H,7-8,12-13H2,1-6H3,(H,24,25,26). The van der Waals surface area contributed by atoms with Crippen LogP contribution >= 0.6 is 11.3 Å². The van der Waals surface area contributed by atoms with Gasteiger partial charge in [-0.3, -0.25) is 14.6 Å². The van der Waals surface area contributed by atoms with Gasteiger partial charge in [-0.05, 0) is 53.7 Å².